The third-order valence-corrected chi connectivity index (χ3v) is 19.5. The number of rotatable bonds is 9. The van der Waals surface area contributed by atoms with Crippen LogP contribution in [0.1, 0.15) is 74.6 Å². The van der Waals surface area contributed by atoms with Gasteiger partial charge in [-0.2, -0.15) is 0 Å². The number of para-hydroxylation sites is 4. The van der Waals surface area contributed by atoms with E-state index in [1.54, 1.807) is 9.13 Å². The first-order valence-corrected chi connectivity index (χ1v) is 32.8. The Balaban J connectivity index is 1.08. The van der Waals surface area contributed by atoms with Crippen molar-refractivity contribution in [2.24, 2.45) is 0 Å². The van der Waals surface area contributed by atoms with Gasteiger partial charge in [0.1, 0.15) is 0 Å². The fraction of sp³-hybridized carbons (Fsp3) is 0.0870. The van der Waals surface area contributed by atoms with Crippen molar-refractivity contribution >= 4 is 101 Å². The Morgan fingerprint density at radius 1 is 0.289 bits per heavy atom. The number of hydrogen-bond donors (Lipinski definition) is 0. The molecule has 0 saturated heterocycles. The average molecular weight is 1260 g/mol. The van der Waals surface area contributed by atoms with Crippen LogP contribution in [0, 0.1) is 0 Å². The first kappa shape index (κ1) is 43.4. The first-order chi connectivity index (χ1) is 54.1. The summed E-state index contributed by atoms with van der Waals surface area (Å²) in [5.41, 5.74) is 16.8. The number of anilines is 6. The lowest BCUT2D eigenvalue weighted by Crippen LogP contribution is -2.61. The minimum atomic E-state index is -0.769. The van der Waals surface area contributed by atoms with E-state index in [0.29, 0.717) is 22.7 Å². The van der Waals surface area contributed by atoms with Crippen molar-refractivity contribution < 1.29 is 21.9 Å². The zero-order valence-electron chi connectivity index (χ0n) is 70.2. The monoisotopic (exact) mass is 1260 g/mol. The van der Waals surface area contributed by atoms with Crippen LogP contribution in [-0.4, -0.2) is 15.8 Å². The topological polar surface area (TPSA) is 16.3 Å². The van der Waals surface area contributed by atoms with Gasteiger partial charge in [0, 0.05) is 77.9 Å². The highest BCUT2D eigenvalue weighted by Crippen LogP contribution is 2.56. The van der Waals surface area contributed by atoms with Crippen LogP contribution in [-0.2, 0) is 10.8 Å². The molecular formula is C92H71BN4. The summed E-state index contributed by atoms with van der Waals surface area (Å²) in [5.74, 6) is 0. The highest BCUT2D eigenvalue weighted by atomic mass is 15.2. The summed E-state index contributed by atoms with van der Waals surface area (Å²) < 4.78 is 154. The van der Waals surface area contributed by atoms with Crippen molar-refractivity contribution in [1.82, 2.24) is 9.13 Å². The van der Waals surface area contributed by atoms with Crippen LogP contribution in [0.3, 0.4) is 0 Å². The number of fused-ring (bicyclic) bond motifs is 10. The molecule has 4 heterocycles. The quantitative estimate of drug-likeness (QED) is 0.134. The van der Waals surface area contributed by atoms with Gasteiger partial charge < -0.3 is 18.9 Å². The Hall–Kier alpha value is -11.7. The van der Waals surface area contributed by atoms with Gasteiger partial charge in [0.05, 0.1) is 55.4 Å². The fourth-order valence-corrected chi connectivity index (χ4v) is 14.8. The van der Waals surface area contributed by atoms with Crippen molar-refractivity contribution in [3.8, 4) is 67.0 Å². The summed E-state index contributed by atoms with van der Waals surface area (Å²) in [7, 11) is 0. The molecule has 4 nitrogen and oxygen atoms in total. The van der Waals surface area contributed by atoms with Gasteiger partial charge in [0.15, 0.2) is 0 Å². The van der Waals surface area contributed by atoms with E-state index in [1.807, 2.05) is 127 Å². The Morgan fingerprint density at radius 2 is 0.577 bits per heavy atom. The van der Waals surface area contributed by atoms with Crippen LogP contribution in [0.25, 0.3) is 111 Å². The summed E-state index contributed by atoms with van der Waals surface area (Å²) in [6.45, 7) is 12.4. The molecule has 2 aromatic heterocycles. The van der Waals surface area contributed by atoms with Crippen LogP contribution in [0.2, 0.25) is 0 Å². The molecule has 2 aliphatic heterocycles. The third-order valence-electron chi connectivity index (χ3n) is 19.5. The predicted molar refractivity (Wildman–Crippen MR) is 414 cm³/mol. The van der Waals surface area contributed by atoms with Crippen LogP contribution in [0.5, 0.6) is 0 Å². The van der Waals surface area contributed by atoms with Crippen molar-refractivity contribution in [2.75, 3.05) is 9.80 Å². The van der Waals surface area contributed by atoms with Gasteiger partial charge in [-0.3, -0.25) is 0 Å². The second kappa shape index (κ2) is 22.5. The predicted octanol–water partition coefficient (Wildman–Crippen LogP) is 22.9. The summed E-state index contributed by atoms with van der Waals surface area (Å²) in [6.07, 6.45) is 0. The van der Waals surface area contributed by atoms with E-state index in [9.17, 15) is 16.4 Å². The van der Waals surface area contributed by atoms with E-state index < -0.39 is 114 Å². The molecule has 0 saturated carbocycles. The molecule has 97 heavy (non-hydrogen) atoms. The molecule has 14 aromatic carbocycles. The molecule has 5 heteroatoms. The maximum absolute atomic E-state index is 9.85. The second-order valence-electron chi connectivity index (χ2n) is 27.3. The zero-order valence-corrected chi connectivity index (χ0v) is 54.2. The van der Waals surface area contributed by atoms with Gasteiger partial charge >= 0.3 is 0 Å². The zero-order chi connectivity index (χ0) is 79.2. The van der Waals surface area contributed by atoms with Crippen molar-refractivity contribution in [2.45, 2.75) is 52.4 Å². The van der Waals surface area contributed by atoms with Crippen molar-refractivity contribution in [3.63, 3.8) is 0 Å². The molecular weight excluding hydrogens is 1170 g/mol. The van der Waals surface area contributed by atoms with Gasteiger partial charge in [0.2, 0.25) is 0 Å². The molecule has 2 aliphatic rings. The fourth-order valence-electron chi connectivity index (χ4n) is 14.8. The molecule has 0 radical (unpaired) electrons. The van der Waals surface area contributed by atoms with Gasteiger partial charge in [-0.1, -0.05) is 278 Å². The van der Waals surface area contributed by atoms with E-state index >= 15 is 0 Å². The molecule has 0 amide bonds. The van der Waals surface area contributed by atoms with Crippen LogP contribution >= 0.6 is 0 Å². The second-order valence-corrected chi connectivity index (χ2v) is 27.3. The normalized spacial score (nSPS) is 15.1. The van der Waals surface area contributed by atoms with E-state index in [-0.39, 0.29) is 43.6 Å². The first-order valence-electron chi connectivity index (χ1n) is 40.8. The Morgan fingerprint density at radius 3 is 0.876 bits per heavy atom. The Kier molecular flexibility index (Phi) is 10.1. The largest absolute Gasteiger partial charge is 0.310 e. The molecule has 0 fully saturated rings. The smallest absolute Gasteiger partial charge is 0.252 e. The minimum Gasteiger partial charge on any atom is -0.310 e. The summed E-state index contributed by atoms with van der Waals surface area (Å²) >= 11 is 0. The highest BCUT2D eigenvalue weighted by molar-refractivity contribution is 7.00. The molecule has 0 N–H and O–H groups in total. The number of aromatic nitrogens is 2. The molecule has 0 spiro atoms. The van der Waals surface area contributed by atoms with E-state index in [2.05, 4.69) is 148 Å². The lowest BCUT2D eigenvalue weighted by Gasteiger charge is -2.46. The maximum Gasteiger partial charge on any atom is 0.252 e. The SMILES string of the molecule is [2H]c1c([2H])c([2H])c2c(c1[2H])c1c([2H])c([2H])c([2H])c([2H])c1n2-c1ccc2c(c1)N(c1c(-c3ccccc3)cc(C(C)(C)C)cc1-c1ccccc1)c1cc(-c3ccccc3)cc3c1B2c1ccc(-n2c4c([2H])c([2H])c([2H])c([2H])c4c4c([2H])c([2H])c([2H])c([2H])c42)cc1N3c1c(-c2ccccc2)cc(C(C)(C)C)cc1-c1ccccc1. The number of hydrogen-bond acceptors (Lipinski definition) is 2. The van der Waals surface area contributed by atoms with E-state index in [4.69, 9.17) is 5.48 Å². The van der Waals surface area contributed by atoms with E-state index in [0.717, 1.165) is 106 Å². The molecule has 0 unspecified atom stereocenters. The average Bonchev–Trinajstić information content (AvgIpc) is 1.55. The summed E-state index contributed by atoms with van der Waals surface area (Å²) in [5, 5.41) is -0.288. The maximum atomic E-state index is 9.85. The highest BCUT2D eigenvalue weighted by Gasteiger charge is 2.46. The Bertz CT molecular complexity index is 6120. The third kappa shape index (κ3) is 9.42. The standard InChI is InChI=1S/C92H71BN4/c1-91(2,3)66-54-74(61-32-14-8-15-33-61)89(75(55-66)62-34-16-9-17-35-62)96-84-58-68(94-80-44-26-22-40-70(80)71-41-23-27-45-81(71)94)48-50-78(84)93-79-51-49-69(95-82-46-28-24-42-72(82)73-43-25-29-47-83(73)95)59-85(79)97(87-53-65(52-86(96)88(87)93)60-30-12-7-13-31-60)90-76(63-36-18-10-19-37-63)56-67(92(4,5)6)57-77(90)64-38-20-11-21-39-64/h7-59H,1-6H3/i22D,23D,24D,25D,26D,27D,28D,29D,40D,41D,42D,43D,44D,45D,46D,47D. The Labute approximate surface area is 590 Å². The van der Waals surface area contributed by atoms with Gasteiger partial charge in [-0.15, -0.1) is 0 Å². The summed E-state index contributed by atoms with van der Waals surface area (Å²) in [4.78, 5) is 4.65. The number of nitrogens with zero attached hydrogens (tertiary/aromatic N) is 4. The molecule has 462 valence electrons. The minimum absolute atomic E-state index is 0.0503. The molecule has 18 rings (SSSR count). The van der Waals surface area contributed by atoms with Crippen molar-refractivity contribution in [1.29, 1.82) is 0 Å². The lowest BCUT2D eigenvalue weighted by atomic mass is 9.33. The van der Waals surface area contributed by atoms with Crippen LogP contribution in [0.15, 0.2) is 321 Å². The molecule has 0 bridgehead atoms. The van der Waals surface area contributed by atoms with Gasteiger partial charge in [-0.05, 0) is 157 Å². The van der Waals surface area contributed by atoms with E-state index in [1.165, 1.54) is 0 Å². The molecule has 16 aromatic rings. The van der Waals surface area contributed by atoms with Crippen LogP contribution in [0.4, 0.5) is 34.1 Å². The molecule has 0 atom stereocenters. The van der Waals surface area contributed by atoms with Crippen molar-refractivity contribution in [3.05, 3.63) is 332 Å². The molecule has 0 aliphatic carbocycles. The lowest BCUT2D eigenvalue weighted by molar-refractivity contribution is 0.590. The van der Waals surface area contributed by atoms with Gasteiger partial charge in [-0.25, -0.2) is 0 Å². The number of benzene rings is 14. The summed E-state index contributed by atoms with van der Waals surface area (Å²) in [6, 6.07) is 68.3. The van der Waals surface area contributed by atoms with Gasteiger partial charge in [0.25, 0.3) is 6.71 Å². The van der Waals surface area contributed by atoms with Crippen LogP contribution < -0.4 is 26.2 Å².